The highest BCUT2D eigenvalue weighted by Gasteiger charge is 2.19. The van der Waals surface area contributed by atoms with Gasteiger partial charge in [-0.25, -0.2) is 0 Å². The van der Waals surface area contributed by atoms with Crippen LogP contribution in [0.3, 0.4) is 0 Å². The second-order valence-electron chi connectivity index (χ2n) is 4.75. The molecule has 0 fully saturated rings. The third-order valence-electron chi connectivity index (χ3n) is 2.72. The fourth-order valence-corrected chi connectivity index (χ4v) is 2.61. The average molecular weight is 252 g/mol. The molecule has 2 rings (SSSR count). The topological polar surface area (TPSA) is 20.2 Å². The summed E-state index contributed by atoms with van der Waals surface area (Å²) in [6.45, 7) is 3.83. The fourth-order valence-electron chi connectivity index (χ4n) is 1.63. The van der Waals surface area contributed by atoms with Crippen LogP contribution < -0.4 is 5.19 Å². The lowest BCUT2D eigenvalue weighted by molar-refractivity contribution is 0.568. The van der Waals surface area contributed by atoms with E-state index in [0.29, 0.717) is 0 Å². The maximum absolute atomic E-state index is 9.99. The quantitative estimate of drug-likeness (QED) is 0.611. The molecule has 2 aromatic carbocycles. The van der Waals surface area contributed by atoms with Gasteiger partial charge in [0.25, 0.3) is 0 Å². The summed E-state index contributed by atoms with van der Waals surface area (Å²) in [5.41, 5.74) is 1.99. The maximum Gasteiger partial charge on any atom is 0.213 e. The third-order valence-corrected chi connectivity index (χ3v) is 4.46. The van der Waals surface area contributed by atoms with Gasteiger partial charge in [0.1, 0.15) is 0 Å². The van der Waals surface area contributed by atoms with Crippen molar-refractivity contribution in [1.29, 1.82) is 0 Å². The van der Waals surface area contributed by atoms with E-state index in [4.69, 9.17) is 0 Å². The SMILES string of the molecule is C[Si](C)(O)c1ccc(C#Cc2ccccc2)cc1. The van der Waals surface area contributed by atoms with E-state index in [-0.39, 0.29) is 0 Å². The predicted octanol–water partition coefficient (Wildman–Crippen LogP) is 2.49. The molecule has 0 unspecified atom stereocenters. The molecule has 0 heterocycles. The smallest absolute Gasteiger partial charge is 0.213 e. The van der Waals surface area contributed by atoms with Crippen LogP contribution in [-0.4, -0.2) is 13.1 Å². The van der Waals surface area contributed by atoms with Gasteiger partial charge in [-0.05, 0) is 42.5 Å². The standard InChI is InChI=1S/C16H16OSi/c1-18(2,17)16-12-10-15(11-13-16)9-8-14-6-4-3-5-7-14/h3-7,10-13,17H,1-2H3. The molecule has 0 aliphatic heterocycles. The van der Waals surface area contributed by atoms with E-state index >= 15 is 0 Å². The molecule has 18 heavy (non-hydrogen) atoms. The molecule has 0 saturated heterocycles. The second kappa shape index (κ2) is 5.22. The van der Waals surface area contributed by atoms with E-state index in [1.165, 1.54) is 0 Å². The summed E-state index contributed by atoms with van der Waals surface area (Å²) in [7, 11) is -2.19. The van der Waals surface area contributed by atoms with Gasteiger partial charge < -0.3 is 4.80 Å². The first-order valence-electron chi connectivity index (χ1n) is 5.96. The Kier molecular flexibility index (Phi) is 3.66. The second-order valence-corrected chi connectivity index (χ2v) is 8.45. The molecule has 2 heteroatoms. The first kappa shape index (κ1) is 12.6. The number of benzene rings is 2. The highest BCUT2D eigenvalue weighted by molar-refractivity contribution is 6.83. The van der Waals surface area contributed by atoms with Crippen LogP contribution >= 0.6 is 0 Å². The number of rotatable bonds is 1. The summed E-state index contributed by atoms with van der Waals surface area (Å²) < 4.78 is 0. The zero-order chi connectivity index (χ0) is 13.0. The van der Waals surface area contributed by atoms with E-state index in [9.17, 15) is 4.80 Å². The Morgan fingerprint density at radius 3 is 1.78 bits per heavy atom. The van der Waals surface area contributed by atoms with Gasteiger partial charge in [-0.15, -0.1) is 0 Å². The van der Waals surface area contributed by atoms with Gasteiger partial charge in [-0.1, -0.05) is 42.2 Å². The first-order valence-corrected chi connectivity index (χ1v) is 8.90. The summed E-state index contributed by atoms with van der Waals surface area (Å²) in [6.07, 6.45) is 0. The molecular weight excluding hydrogens is 236 g/mol. The average Bonchev–Trinajstić information content (AvgIpc) is 2.37. The molecule has 2 aromatic rings. The molecule has 0 aliphatic carbocycles. The molecule has 1 N–H and O–H groups in total. The highest BCUT2D eigenvalue weighted by atomic mass is 28.4. The van der Waals surface area contributed by atoms with Crippen molar-refractivity contribution in [3.8, 4) is 11.8 Å². The predicted molar refractivity (Wildman–Crippen MR) is 78.2 cm³/mol. The Morgan fingerprint density at radius 2 is 1.28 bits per heavy atom. The van der Waals surface area contributed by atoms with E-state index in [1.807, 2.05) is 67.7 Å². The summed E-state index contributed by atoms with van der Waals surface area (Å²) >= 11 is 0. The van der Waals surface area contributed by atoms with Crippen LogP contribution in [-0.2, 0) is 0 Å². The first-order chi connectivity index (χ1) is 8.55. The molecule has 1 nitrogen and oxygen atoms in total. The van der Waals surface area contributed by atoms with E-state index in [1.54, 1.807) is 0 Å². The molecule has 0 bridgehead atoms. The van der Waals surface area contributed by atoms with Crippen molar-refractivity contribution in [2.45, 2.75) is 13.1 Å². The summed E-state index contributed by atoms with van der Waals surface area (Å²) in [5, 5.41) is 1.03. The van der Waals surface area contributed by atoms with Gasteiger partial charge in [0.05, 0.1) is 0 Å². The minimum absolute atomic E-state index is 0.973. The van der Waals surface area contributed by atoms with Crippen molar-refractivity contribution in [2.75, 3.05) is 0 Å². The van der Waals surface area contributed by atoms with Gasteiger partial charge in [0.2, 0.25) is 8.32 Å². The Bertz CT molecular complexity index is 568. The fraction of sp³-hybridized carbons (Fsp3) is 0.125. The van der Waals surface area contributed by atoms with Gasteiger partial charge >= 0.3 is 0 Å². The molecular formula is C16H16OSi. The third kappa shape index (κ3) is 3.33. The number of hydrogen-bond donors (Lipinski definition) is 1. The van der Waals surface area contributed by atoms with E-state index in [0.717, 1.165) is 16.3 Å². The van der Waals surface area contributed by atoms with Crippen molar-refractivity contribution >= 4 is 13.5 Å². The molecule has 0 aliphatic rings. The van der Waals surface area contributed by atoms with Crippen molar-refractivity contribution < 1.29 is 4.80 Å². The highest BCUT2D eigenvalue weighted by Crippen LogP contribution is 2.02. The minimum Gasteiger partial charge on any atom is -0.428 e. The molecule has 0 spiro atoms. The van der Waals surface area contributed by atoms with Gasteiger partial charge in [0.15, 0.2) is 0 Å². The molecule has 90 valence electrons. The van der Waals surface area contributed by atoms with E-state index < -0.39 is 8.32 Å². The van der Waals surface area contributed by atoms with Crippen LogP contribution in [0.25, 0.3) is 0 Å². The van der Waals surface area contributed by atoms with Crippen molar-refractivity contribution in [3.63, 3.8) is 0 Å². The molecule has 0 saturated carbocycles. The minimum atomic E-state index is -2.19. The Balaban J connectivity index is 2.20. The lowest BCUT2D eigenvalue weighted by atomic mass is 10.2. The zero-order valence-corrected chi connectivity index (χ0v) is 11.6. The van der Waals surface area contributed by atoms with Crippen molar-refractivity contribution in [2.24, 2.45) is 0 Å². The summed E-state index contributed by atoms with van der Waals surface area (Å²) in [6, 6.07) is 17.8. The Morgan fingerprint density at radius 1 is 0.778 bits per heavy atom. The monoisotopic (exact) mass is 252 g/mol. The van der Waals surface area contributed by atoms with Crippen molar-refractivity contribution in [3.05, 3.63) is 65.7 Å². The summed E-state index contributed by atoms with van der Waals surface area (Å²) in [4.78, 5) is 9.99. The van der Waals surface area contributed by atoms with Crippen LogP contribution in [0.15, 0.2) is 54.6 Å². The summed E-state index contributed by atoms with van der Waals surface area (Å²) in [5.74, 6) is 6.24. The normalized spacial score (nSPS) is 10.6. The van der Waals surface area contributed by atoms with Crippen LogP contribution in [0.1, 0.15) is 11.1 Å². The lowest BCUT2D eigenvalue weighted by Crippen LogP contribution is -2.41. The van der Waals surface area contributed by atoms with E-state index in [2.05, 4.69) is 11.8 Å². The molecule has 0 amide bonds. The Labute approximate surface area is 109 Å². The largest absolute Gasteiger partial charge is 0.428 e. The van der Waals surface area contributed by atoms with Gasteiger partial charge in [0, 0.05) is 11.1 Å². The van der Waals surface area contributed by atoms with Crippen LogP contribution in [0.4, 0.5) is 0 Å². The molecule has 0 atom stereocenters. The lowest BCUT2D eigenvalue weighted by Gasteiger charge is -2.13. The molecule has 0 radical (unpaired) electrons. The number of hydrogen-bond acceptors (Lipinski definition) is 1. The Hall–Kier alpha value is -1.82. The van der Waals surface area contributed by atoms with Gasteiger partial charge in [-0.2, -0.15) is 0 Å². The maximum atomic E-state index is 9.99. The van der Waals surface area contributed by atoms with Crippen molar-refractivity contribution in [1.82, 2.24) is 0 Å². The van der Waals surface area contributed by atoms with Crippen LogP contribution in [0, 0.1) is 11.8 Å². The van der Waals surface area contributed by atoms with Crippen LogP contribution in [0.2, 0.25) is 13.1 Å². The molecule has 0 aromatic heterocycles. The van der Waals surface area contributed by atoms with Gasteiger partial charge in [-0.3, -0.25) is 0 Å². The van der Waals surface area contributed by atoms with Crippen LogP contribution in [0.5, 0.6) is 0 Å². The zero-order valence-electron chi connectivity index (χ0n) is 10.6.